The van der Waals surface area contributed by atoms with Crippen LogP contribution in [0.15, 0.2) is 46.9 Å². The van der Waals surface area contributed by atoms with Gasteiger partial charge in [-0.3, -0.25) is 4.72 Å². The number of para-hydroxylation sites is 1. The Bertz CT molecular complexity index is 999. The zero-order valence-corrected chi connectivity index (χ0v) is 13.8. The van der Waals surface area contributed by atoms with Gasteiger partial charge in [-0.25, -0.2) is 17.2 Å². The lowest BCUT2D eigenvalue weighted by Gasteiger charge is -2.07. The van der Waals surface area contributed by atoms with E-state index in [4.69, 9.17) is 4.42 Å². The van der Waals surface area contributed by atoms with Crippen molar-refractivity contribution in [3.63, 3.8) is 0 Å². The van der Waals surface area contributed by atoms with Crippen molar-refractivity contribution < 1.29 is 21.6 Å². The highest BCUT2D eigenvalue weighted by atomic mass is 32.2. The summed E-state index contributed by atoms with van der Waals surface area (Å²) in [5.41, 5.74) is 1.03. The van der Waals surface area contributed by atoms with Crippen LogP contribution in [0.1, 0.15) is 11.5 Å². The molecule has 0 radical (unpaired) electrons. The van der Waals surface area contributed by atoms with Crippen LogP contribution >= 0.6 is 0 Å². The highest BCUT2D eigenvalue weighted by Gasteiger charge is 2.15. The summed E-state index contributed by atoms with van der Waals surface area (Å²) >= 11 is 0. The first kappa shape index (κ1) is 17.0. The zero-order valence-electron chi connectivity index (χ0n) is 13.0. The zero-order chi connectivity index (χ0) is 18.0. The van der Waals surface area contributed by atoms with Gasteiger partial charge in [0.2, 0.25) is 21.8 Å². The van der Waals surface area contributed by atoms with E-state index in [0.717, 1.165) is 12.3 Å². The molecule has 0 saturated heterocycles. The quantitative estimate of drug-likeness (QED) is 0.751. The van der Waals surface area contributed by atoms with Crippen LogP contribution in [0, 0.1) is 11.6 Å². The van der Waals surface area contributed by atoms with Crippen molar-refractivity contribution in [2.45, 2.75) is 6.42 Å². The molecule has 0 fully saturated rings. The molecule has 0 bridgehead atoms. The van der Waals surface area contributed by atoms with E-state index in [-0.39, 0.29) is 23.9 Å². The minimum absolute atomic E-state index is 0.0450. The summed E-state index contributed by atoms with van der Waals surface area (Å²) in [6.07, 6.45) is 1.07. The van der Waals surface area contributed by atoms with Crippen molar-refractivity contribution in [1.29, 1.82) is 0 Å². The maximum atomic E-state index is 13.2. The van der Waals surface area contributed by atoms with Crippen LogP contribution in [0.2, 0.25) is 0 Å². The molecule has 0 amide bonds. The SMILES string of the molecule is CS(=O)(=O)Nc1ccccc1-c1nnc(Cc2cc(F)cc(F)c2)o1. The van der Waals surface area contributed by atoms with Crippen molar-refractivity contribution in [3.8, 4) is 11.5 Å². The van der Waals surface area contributed by atoms with Gasteiger partial charge in [0.1, 0.15) is 11.6 Å². The molecule has 1 aromatic heterocycles. The van der Waals surface area contributed by atoms with Crippen LogP contribution in [0.3, 0.4) is 0 Å². The van der Waals surface area contributed by atoms with Crippen molar-refractivity contribution in [2.24, 2.45) is 0 Å². The maximum absolute atomic E-state index is 13.2. The molecular formula is C16H13F2N3O3S. The van der Waals surface area contributed by atoms with E-state index in [2.05, 4.69) is 14.9 Å². The average Bonchev–Trinajstić information content (AvgIpc) is 2.93. The summed E-state index contributed by atoms with van der Waals surface area (Å²) in [6.45, 7) is 0. The summed E-state index contributed by atoms with van der Waals surface area (Å²) in [5.74, 6) is -1.15. The van der Waals surface area contributed by atoms with E-state index >= 15 is 0 Å². The van der Waals surface area contributed by atoms with Gasteiger partial charge in [0.05, 0.1) is 23.9 Å². The van der Waals surface area contributed by atoms with Gasteiger partial charge < -0.3 is 4.42 Å². The molecule has 0 saturated carbocycles. The molecule has 3 rings (SSSR count). The Balaban J connectivity index is 1.89. The normalized spacial score (nSPS) is 11.5. The van der Waals surface area contributed by atoms with E-state index in [0.29, 0.717) is 11.1 Å². The number of sulfonamides is 1. The molecule has 0 aliphatic rings. The number of nitrogens with zero attached hydrogens (tertiary/aromatic N) is 2. The van der Waals surface area contributed by atoms with Gasteiger partial charge in [0.15, 0.2) is 0 Å². The molecule has 25 heavy (non-hydrogen) atoms. The molecule has 130 valence electrons. The van der Waals surface area contributed by atoms with Crippen LogP contribution in [-0.4, -0.2) is 24.9 Å². The van der Waals surface area contributed by atoms with Crippen molar-refractivity contribution in [3.05, 3.63) is 65.6 Å². The summed E-state index contributed by atoms with van der Waals surface area (Å²) in [4.78, 5) is 0. The summed E-state index contributed by atoms with van der Waals surface area (Å²) in [6, 6.07) is 9.64. The Labute approximate surface area is 142 Å². The highest BCUT2D eigenvalue weighted by molar-refractivity contribution is 7.92. The molecule has 9 heteroatoms. The van der Waals surface area contributed by atoms with Crippen LogP contribution in [0.4, 0.5) is 14.5 Å². The van der Waals surface area contributed by atoms with Gasteiger partial charge in [0, 0.05) is 6.07 Å². The molecule has 1 heterocycles. The second-order valence-corrected chi connectivity index (χ2v) is 7.12. The second-order valence-electron chi connectivity index (χ2n) is 5.38. The maximum Gasteiger partial charge on any atom is 0.249 e. The fourth-order valence-electron chi connectivity index (χ4n) is 2.28. The number of nitrogens with one attached hydrogen (secondary N) is 1. The van der Waals surface area contributed by atoms with Gasteiger partial charge in [-0.15, -0.1) is 10.2 Å². The topological polar surface area (TPSA) is 85.1 Å². The lowest BCUT2D eigenvalue weighted by Crippen LogP contribution is -2.10. The van der Waals surface area contributed by atoms with Crippen LogP contribution in [0.25, 0.3) is 11.5 Å². The number of anilines is 1. The third-order valence-corrected chi connectivity index (χ3v) is 3.79. The molecular weight excluding hydrogens is 352 g/mol. The van der Waals surface area contributed by atoms with Gasteiger partial charge in [-0.1, -0.05) is 12.1 Å². The fraction of sp³-hybridized carbons (Fsp3) is 0.125. The lowest BCUT2D eigenvalue weighted by atomic mass is 10.1. The van der Waals surface area contributed by atoms with Crippen LogP contribution in [-0.2, 0) is 16.4 Å². The number of halogens is 2. The minimum atomic E-state index is -3.48. The van der Waals surface area contributed by atoms with E-state index in [1.54, 1.807) is 24.3 Å². The first-order valence-electron chi connectivity index (χ1n) is 7.15. The Morgan fingerprint density at radius 2 is 1.76 bits per heavy atom. The molecule has 0 aliphatic heterocycles. The second kappa shape index (κ2) is 6.60. The predicted octanol–water partition coefficient (Wildman–Crippen LogP) is 2.98. The first-order valence-corrected chi connectivity index (χ1v) is 9.04. The van der Waals surface area contributed by atoms with E-state index in [1.807, 2.05) is 0 Å². The van der Waals surface area contributed by atoms with Crippen molar-refractivity contribution >= 4 is 15.7 Å². The smallest absolute Gasteiger partial charge is 0.249 e. The van der Waals surface area contributed by atoms with E-state index < -0.39 is 21.7 Å². The monoisotopic (exact) mass is 365 g/mol. The highest BCUT2D eigenvalue weighted by Crippen LogP contribution is 2.27. The van der Waals surface area contributed by atoms with Crippen molar-refractivity contribution in [1.82, 2.24) is 10.2 Å². The number of hydrogen-bond donors (Lipinski definition) is 1. The van der Waals surface area contributed by atoms with Gasteiger partial charge in [-0.05, 0) is 29.8 Å². The lowest BCUT2D eigenvalue weighted by molar-refractivity contribution is 0.516. The predicted molar refractivity (Wildman–Crippen MR) is 87.4 cm³/mol. The third kappa shape index (κ3) is 4.38. The Morgan fingerprint density at radius 1 is 1.08 bits per heavy atom. The molecule has 6 nitrogen and oxygen atoms in total. The van der Waals surface area contributed by atoms with E-state index in [1.165, 1.54) is 12.1 Å². The average molecular weight is 365 g/mol. The minimum Gasteiger partial charge on any atom is -0.420 e. The molecule has 1 N–H and O–H groups in total. The van der Waals surface area contributed by atoms with Gasteiger partial charge in [-0.2, -0.15) is 0 Å². The summed E-state index contributed by atoms with van der Waals surface area (Å²) in [5, 5.41) is 7.73. The Hall–Kier alpha value is -2.81. The molecule has 0 aliphatic carbocycles. The molecule has 0 unspecified atom stereocenters. The Kier molecular flexibility index (Phi) is 4.49. The Morgan fingerprint density at radius 3 is 2.44 bits per heavy atom. The number of rotatable bonds is 5. The molecule has 2 aromatic carbocycles. The third-order valence-electron chi connectivity index (χ3n) is 3.20. The first-order chi connectivity index (χ1) is 11.8. The van der Waals surface area contributed by atoms with E-state index in [9.17, 15) is 17.2 Å². The van der Waals surface area contributed by atoms with Crippen molar-refractivity contribution in [2.75, 3.05) is 11.0 Å². The number of aromatic nitrogens is 2. The largest absolute Gasteiger partial charge is 0.420 e. The summed E-state index contributed by atoms with van der Waals surface area (Å²) in [7, 11) is -3.48. The van der Waals surface area contributed by atoms with Crippen LogP contribution in [0.5, 0.6) is 0 Å². The molecule has 3 aromatic rings. The standard InChI is InChI=1S/C16H13F2N3O3S/c1-25(22,23)21-14-5-3-2-4-13(14)16-20-19-15(24-16)8-10-6-11(17)9-12(18)7-10/h2-7,9,21H,8H2,1H3. The van der Waals surface area contributed by atoms with Crippen LogP contribution < -0.4 is 4.72 Å². The van der Waals surface area contributed by atoms with Gasteiger partial charge in [0.25, 0.3) is 0 Å². The fourth-order valence-corrected chi connectivity index (χ4v) is 2.86. The summed E-state index contributed by atoms with van der Waals surface area (Å²) < 4.78 is 57.2. The number of hydrogen-bond acceptors (Lipinski definition) is 5. The number of benzene rings is 2. The molecule has 0 spiro atoms. The molecule has 0 atom stereocenters. The van der Waals surface area contributed by atoms with Gasteiger partial charge >= 0.3 is 0 Å².